The van der Waals surface area contributed by atoms with Crippen LogP contribution in [0.3, 0.4) is 0 Å². The second kappa shape index (κ2) is 6.54. The van der Waals surface area contributed by atoms with Gasteiger partial charge in [-0.05, 0) is 38.8 Å². The number of nitrogens with one attached hydrogen (secondary N) is 1. The van der Waals surface area contributed by atoms with Gasteiger partial charge < -0.3 is 0 Å². The lowest BCUT2D eigenvalue weighted by Gasteiger charge is -2.05. The lowest BCUT2D eigenvalue weighted by molar-refractivity contribution is 0.584. The number of hydrogen-bond acceptors (Lipinski definition) is 3. The van der Waals surface area contributed by atoms with Crippen LogP contribution in [0.4, 0.5) is 0 Å². The van der Waals surface area contributed by atoms with E-state index in [4.69, 9.17) is 0 Å². The summed E-state index contributed by atoms with van der Waals surface area (Å²) < 4.78 is 23.8. The van der Waals surface area contributed by atoms with Crippen LogP contribution in [0.2, 0.25) is 0 Å². The zero-order valence-electron chi connectivity index (χ0n) is 11.1. The van der Waals surface area contributed by atoms with Crippen molar-refractivity contribution in [2.75, 3.05) is 0 Å². The highest BCUT2D eigenvalue weighted by atomic mass is 32.2. The monoisotopic (exact) mass is 268 g/mol. The molecule has 100 valence electrons. The summed E-state index contributed by atoms with van der Waals surface area (Å²) in [5, 5.41) is 3.91. The molecule has 1 N–H and O–H groups in total. The molecule has 0 saturated heterocycles. The molecule has 0 fully saturated rings. The number of hydrazone groups is 1. The predicted octanol–water partition coefficient (Wildman–Crippen LogP) is 2.84. The third-order valence-electron chi connectivity index (χ3n) is 2.58. The van der Waals surface area contributed by atoms with Gasteiger partial charge in [0.15, 0.2) is 0 Å². The molecule has 4 nitrogen and oxygen atoms in total. The maximum absolute atomic E-state index is 11.9. The smallest absolute Gasteiger partial charge is 0.200 e. The van der Waals surface area contributed by atoms with E-state index in [0.717, 1.165) is 30.5 Å². The van der Waals surface area contributed by atoms with Crippen molar-refractivity contribution in [3.8, 4) is 0 Å². The molecule has 0 aliphatic rings. The molecule has 5 heteroatoms. The van der Waals surface area contributed by atoms with Gasteiger partial charge in [-0.15, -0.1) is 0 Å². The summed E-state index contributed by atoms with van der Waals surface area (Å²) in [6.07, 6.45) is 2.89. The van der Waals surface area contributed by atoms with Crippen molar-refractivity contribution in [3.05, 3.63) is 29.8 Å². The molecule has 0 unspecified atom stereocenters. The van der Waals surface area contributed by atoms with Gasteiger partial charge in [0.2, 0.25) is 0 Å². The first-order chi connectivity index (χ1) is 8.45. The van der Waals surface area contributed by atoms with Gasteiger partial charge in [-0.1, -0.05) is 31.0 Å². The van der Waals surface area contributed by atoms with E-state index in [1.54, 1.807) is 24.3 Å². The Morgan fingerprint density at radius 1 is 1.28 bits per heavy atom. The van der Waals surface area contributed by atoms with E-state index in [1.165, 1.54) is 0 Å². The van der Waals surface area contributed by atoms with E-state index in [1.807, 2.05) is 13.8 Å². The minimum absolute atomic E-state index is 0.236. The summed E-state index contributed by atoms with van der Waals surface area (Å²) in [6.45, 7) is 5.83. The third-order valence-corrected chi connectivity index (χ3v) is 3.80. The van der Waals surface area contributed by atoms with Crippen molar-refractivity contribution in [3.63, 3.8) is 0 Å². The van der Waals surface area contributed by atoms with Gasteiger partial charge in [-0.25, -0.2) is 4.83 Å². The van der Waals surface area contributed by atoms with Crippen LogP contribution in [0, 0.1) is 6.92 Å². The van der Waals surface area contributed by atoms with Crippen LogP contribution in [-0.2, 0) is 10.0 Å². The first-order valence-electron chi connectivity index (χ1n) is 6.07. The van der Waals surface area contributed by atoms with Crippen molar-refractivity contribution in [1.29, 1.82) is 0 Å². The van der Waals surface area contributed by atoms with Crippen LogP contribution in [0.5, 0.6) is 0 Å². The average molecular weight is 268 g/mol. The minimum atomic E-state index is -3.53. The van der Waals surface area contributed by atoms with E-state index in [-0.39, 0.29) is 4.90 Å². The first-order valence-corrected chi connectivity index (χ1v) is 7.55. The van der Waals surface area contributed by atoms with Gasteiger partial charge in [-0.2, -0.15) is 13.5 Å². The highest BCUT2D eigenvalue weighted by Crippen LogP contribution is 2.09. The largest absolute Gasteiger partial charge is 0.276 e. The Labute approximate surface area is 109 Å². The second-order valence-electron chi connectivity index (χ2n) is 4.36. The number of nitrogens with zero attached hydrogens (tertiary/aromatic N) is 1. The Morgan fingerprint density at radius 2 is 1.89 bits per heavy atom. The zero-order valence-corrected chi connectivity index (χ0v) is 11.9. The third kappa shape index (κ3) is 4.49. The Balaban J connectivity index is 2.73. The number of aryl methyl sites for hydroxylation is 1. The number of benzene rings is 1. The van der Waals surface area contributed by atoms with Gasteiger partial charge in [0.05, 0.1) is 4.90 Å². The Hall–Kier alpha value is -1.36. The van der Waals surface area contributed by atoms with Gasteiger partial charge in [0, 0.05) is 5.71 Å². The van der Waals surface area contributed by atoms with Gasteiger partial charge in [-0.3, -0.25) is 0 Å². The molecule has 0 aromatic heterocycles. The second-order valence-corrected chi connectivity index (χ2v) is 6.02. The topological polar surface area (TPSA) is 58.5 Å². The molecule has 0 radical (unpaired) electrons. The lowest BCUT2D eigenvalue weighted by atomic mass is 10.2. The zero-order chi connectivity index (χ0) is 13.6. The van der Waals surface area contributed by atoms with E-state index in [0.29, 0.717) is 0 Å². The SMILES string of the molecule is CCCC/C(C)=N/NS(=O)(=O)c1ccc(C)cc1. The maximum Gasteiger partial charge on any atom is 0.276 e. The number of rotatable bonds is 6. The predicted molar refractivity (Wildman–Crippen MR) is 74.1 cm³/mol. The summed E-state index contributed by atoms with van der Waals surface area (Å²) in [5.41, 5.74) is 1.82. The standard InChI is InChI=1S/C13H20N2O2S/c1-4-5-6-12(3)14-15-18(16,17)13-9-7-11(2)8-10-13/h7-10,15H,4-6H2,1-3H3/b14-12+. The quantitative estimate of drug-likeness (QED) is 0.637. The molecule has 0 spiro atoms. The van der Waals surface area contributed by atoms with Crippen LogP contribution in [0.25, 0.3) is 0 Å². The molecule has 0 aliphatic carbocycles. The normalized spacial score (nSPS) is 12.5. The minimum Gasteiger partial charge on any atom is -0.200 e. The number of unbranched alkanes of at least 4 members (excludes halogenated alkanes) is 1. The fraction of sp³-hybridized carbons (Fsp3) is 0.462. The fourth-order valence-electron chi connectivity index (χ4n) is 1.40. The van der Waals surface area contributed by atoms with Crippen molar-refractivity contribution >= 4 is 15.7 Å². The van der Waals surface area contributed by atoms with Crippen LogP contribution in [0.15, 0.2) is 34.3 Å². The molecule has 0 amide bonds. The van der Waals surface area contributed by atoms with Crippen molar-refractivity contribution in [2.24, 2.45) is 5.10 Å². The van der Waals surface area contributed by atoms with Crippen molar-refractivity contribution in [1.82, 2.24) is 4.83 Å². The molecule has 0 aliphatic heterocycles. The Morgan fingerprint density at radius 3 is 2.44 bits per heavy atom. The molecule has 0 heterocycles. The van der Waals surface area contributed by atoms with Gasteiger partial charge in [0.25, 0.3) is 10.0 Å². The summed E-state index contributed by atoms with van der Waals surface area (Å²) in [5.74, 6) is 0. The van der Waals surface area contributed by atoms with Crippen LogP contribution >= 0.6 is 0 Å². The summed E-state index contributed by atoms with van der Waals surface area (Å²) in [7, 11) is -3.53. The van der Waals surface area contributed by atoms with E-state index >= 15 is 0 Å². The number of hydrogen-bond donors (Lipinski definition) is 1. The average Bonchev–Trinajstić information content (AvgIpc) is 2.34. The summed E-state index contributed by atoms with van der Waals surface area (Å²) in [6, 6.07) is 6.69. The van der Waals surface area contributed by atoms with Crippen LogP contribution in [-0.4, -0.2) is 14.1 Å². The molecule has 1 aromatic carbocycles. The summed E-state index contributed by atoms with van der Waals surface area (Å²) >= 11 is 0. The highest BCUT2D eigenvalue weighted by molar-refractivity contribution is 7.89. The first kappa shape index (κ1) is 14.7. The molecule has 1 rings (SSSR count). The van der Waals surface area contributed by atoms with Gasteiger partial charge >= 0.3 is 0 Å². The summed E-state index contributed by atoms with van der Waals surface area (Å²) in [4.78, 5) is 2.50. The Bertz CT molecular complexity index is 504. The molecule has 0 atom stereocenters. The molecule has 0 bridgehead atoms. The number of sulfonamides is 1. The maximum atomic E-state index is 11.9. The molecular formula is C13H20N2O2S. The molecule has 18 heavy (non-hydrogen) atoms. The van der Waals surface area contributed by atoms with Crippen molar-refractivity contribution < 1.29 is 8.42 Å². The van der Waals surface area contributed by atoms with Crippen LogP contribution in [0.1, 0.15) is 38.7 Å². The van der Waals surface area contributed by atoms with Gasteiger partial charge in [0.1, 0.15) is 0 Å². The highest BCUT2D eigenvalue weighted by Gasteiger charge is 2.12. The van der Waals surface area contributed by atoms with Crippen LogP contribution < -0.4 is 4.83 Å². The van der Waals surface area contributed by atoms with E-state index in [2.05, 4.69) is 16.9 Å². The van der Waals surface area contributed by atoms with Crippen molar-refractivity contribution in [2.45, 2.75) is 44.9 Å². The molecule has 1 aromatic rings. The Kier molecular flexibility index (Phi) is 5.34. The fourth-order valence-corrected chi connectivity index (χ4v) is 2.27. The molecular weight excluding hydrogens is 248 g/mol. The van der Waals surface area contributed by atoms with E-state index < -0.39 is 10.0 Å². The van der Waals surface area contributed by atoms with E-state index in [9.17, 15) is 8.42 Å². The molecule has 0 saturated carbocycles. The lowest BCUT2D eigenvalue weighted by Crippen LogP contribution is -2.19.